The molecule has 0 aliphatic heterocycles. The van der Waals surface area contributed by atoms with Crippen molar-refractivity contribution in [1.29, 1.82) is 0 Å². The molecule has 0 aromatic heterocycles. The van der Waals surface area contributed by atoms with Crippen LogP contribution in [0.4, 0.5) is 0 Å². The van der Waals surface area contributed by atoms with E-state index in [-0.39, 0.29) is 0 Å². The SMILES string of the molecule is CCCCCCC(C)(CCCCCC)C(C)(C)C(C)C. The Labute approximate surface area is 130 Å². The van der Waals surface area contributed by atoms with Gasteiger partial charge < -0.3 is 0 Å². The van der Waals surface area contributed by atoms with Crippen LogP contribution in [0, 0.1) is 16.7 Å². The summed E-state index contributed by atoms with van der Waals surface area (Å²) < 4.78 is 0. The van der Waals surface area contributed by atoms with Crippen molar-refractivity contribution in [1.82, 2.24) is 0 Å². The molecule has 0 aromatic rings. The molecule has 20 heavy (non-hydrogen) atoms. The highest BCUT2D eigenvalue weighted by atomic mass is 14.5. The highest BCUT2D eigenvalue weighted by Crippen LogP contribution is 2.51. The second kappa shape index (κ2) is 9.85. The Bertz CT molecular complexity index is 212. The van der Waals surface area contributed by atoms with Crippen LogP contribution in [0.25, 0.3) is 0 Å². The summed E-state index contributed by atoms with van der Waals surface area (Å²) in [6.07, 6.45) is 14.1. The average Bonchev–Trinajstić information content (AvgIpc) is 2.39. The smallest absolute Gasteiger partial charge is 0.0272 e. The quantitative estimate of drug-likeness (QED) is 0.323. The highest BCUT2D eigenvalue weighted by Gasteiger charge is 2.41. The van der Waals surface area contributed by atoms with Gasteiger partial charge in [0.1, 0.15) is 0 Å². The molecule has 0 amide bonds. The molecule has 122 valence electrons. The van der Waals surface area contributed by atoms with Crippen molar-refractivity contribution in [2.75, 3.05) is 0 Å². The van der Waals surface area contributed by atoms with Crippen molar-refractivity contribution in [2.24, 2.45) is 16.7 Å². The van der Waals surface area contributed by atoms with Crippen molar-refractivity contribution >= 4 is 0 Å². The Morgan fingerprint density at radius 1 is 0.650 bits per heavy atom. The van der Waals surface area contributed by atoms with Crippen LogP contribution in [0.1, 0.15) is 113 Å². The monoisotopic (exact) mass is 282 g/mol. The fraction of sp³-hybridized carbons (Fsp3) is 1.00. The van der Waals surface area contributed by atoms with E-state index in [1.165, 1.54) is 64.2 Å². The average molecular weight is 283 g/mol. The van der Waals surface area contributed by atoms with Gasteiger partial charge in [-0.1, -0.05) is 99.8 Å². The van der Waals surface area contributed by atoms with Gasteiger partial charge in [-0.2, -0.15) is 0 Å². The summed E-state index contributed by atoms with van der Waals surface area (Å²) in [7, 11) is 0. The van der Waals surface area contributed by atoms with Gasteiger partial charge in [-0.05, 0) is 29.6 Å². The van der Waals surface area contributed by atoms with Crippen LogP contribution in [-0.2, 0) is 0 Å². The molecule has 0 aromatic carbocycles. The maximum absolute atomic E-state index is 2.57. The lowest BCUT2D eigenvalue weighted by Crippen LogP contribution is -2.39. The number of hydrogen-bond acceptors (Lipinski definition) is 0. The zero-order chi connectivity index (χ0) is 15.6. The summed E-state index contributed by atoms with van der Waals surface area (Å²) >= 11 is 0. The van der Waals surface area contributed by atoms with Crippen molar-refractivity contribution in [2.45, 2.75) is 113 Å². The Kier molecular flexibility index (Phi) is 9.85. The second-order valence-electron chi connectivity index (χ2n) is 8.06. The molecule has 0 atom stereocenters. The van der Waals surface area contributed by atoms with Gasteiger partial charge in [0.05, 0.1) is 0 Å². The Hall–Kier alpha value is 0. The molecule has 0 fully saturated rings. The normalized spacial score (nSPS) is 13.2. The Morgan fingerprint density at radius 2 is 1.05 bits per heavy atom. The molecule has 0 heterocycles. The predicted molar refractivity (Wildman–Crippen MR) is 94.2 cm³/mol. The highest BCUT2D eigenvalue weighted by molar-refractivity contribution is 4.91. The molecule has 0 bridgehead atoms. The third-order valence-electron chi connectivity index (χ3n) is 6.16. The molecule has 0 spiro atoms. The maximum atomic E-state index is 2.57. The van der Waals surface area contributed by atoms with E-state index in [0.29, 0.717) is 10.8 Å². The fourth-order valence-corrected chi connectivity index (χ4v) is 3.35. The van der Waals surface area contributed by atoms with E-state index in [1.807, 2.05) is 0 Å². The van der Waals surface area contributed by atoms with Crippen LogP contribution in [0.5, 0.6) is 0 Å². The zero-order valence-electron chi connectivity index (χ0n) is 15.6. The Morgan fingerprint density at radius 3 is 1.35 bits per heavy atom. The molecule has 0 saturated heterocycles. The van der Waals surface area contributed by atoms with E-state index in [4.69, 9.17) is 0 Å². The molecule has 0 unspecified atom stereocenters. The molecule has 0 nitrogen and oxygen atoms in total. The zero-order valence-corrected chi connectivity index (χ0v) is 15.6. The maximum Gasteiger partial charge on any atom is -0.0272 e. The summed E-state index contributed by atoms with van der Waals surface area (Å²) in [5.41, 5.74) is 0.966. The molecule has 0 heteroatoms. The summed E-state index contributed by atoms with van der Waals surface area (Å²) in [4.78, 5) is 0. The Balaban J connectivity index is 4.58. The van der Waals surface area contributed by atoms with Crippen molar-refractivity contribution < 1.29 is 0 Å². The van der Waals surface area contributed by atoms with E-state index in [0.717, 1.165) is 5.92 Å². The minimum atomic E-state index is 0.450. The van der Waals surface area contributed by atoms with Gasteiger partial charge in [-0.3, -0.25) is 0 Å². The third kappa shape index (κ3) is 6.19. The van der Waals surface area contributed by atoms with Crippen LogP contribution in [0.3, 0.4) is 0 Å². The van der Waals surface area contributed by atoms with Crippen molar-refractivity contribution in [3.05, 3.63) is 0 Å². The summed E-state index contributed by atoms with van der Waals surface area (Å²) in [6, 6.07) is 0. The number of unbranched alkanes of at least 4 members (excludes halogenated alkanes) is 6. The van der Waals surface area contributed by atoms with Gasteiger partial charge in [-0.15, -0.1) is 0 Å². The van der Waals surface area contributed by atoms with Crippen molar-refractivity contribution in [3.63, 3.8) is 0 Å². The second-order valence-corrected chi connectivity index (χ2v) is 8.06. The largest absolute Gasteiger partial charge is 0.0654 e. The van der Waals surface area contributed by atoms with Crippen LogP contribution < -0.4 is 0 Å². The molecule has 0 radical (unpaired) electrons. The van der Waals surface area contributed by atoms with E-state index in [2.05, 4.69) is 48.5 Å². The van der Waals surface area contributed by atoms with E-state index < -0.39 is 0 Å². The van der Waals surface area contributed by atoms with Gasteiger partial charge in [0, 0.05) is 0 Å². The summed E-state index contributed by atoms with van der Waals surface area (Å²) in [5, 5.41) is 0. The first-order valence-electron chi connectivity index (χ1n) is 9.31. The van der Waals surface area contributed by atoms with Gasteiger partial charge in [0.25, 0.3) is 0 Å². The van der Waals surface area contributed by atoms with Crippen LogP contribution in [-0.4, -0.2) is 0 Å². The lowest BCUT2D eigenvalue weighted by Gasteiger charge is -2.48. The molecule has 0 saturated carbocycles. The molecule has 0 aliphatic rings. The molecular formula is C20H42. The molecule has 0 aliphatic carbocycles. The van der Waals surface area contributed by atoms with Crippen LogP contribution in [0.15, 0.2) is 0 Å². The molecular weight excluding hydrogens is 240 g/mol. The first kappa shape index (κ1) is 20.0. The summed E-state index contributed by atoms with van der Waals surface area (Å²) in [5.74, 6) is 0.768. The summed E-state index contributed by atoms with van der Waals surface area (Å²) in [6.45, 7) is 17.0. The van der Waals surface area contributed by atoms with Crippen LogP contribution >= 0.6 is 0 Å². The molecule has 0 N–H and O–H groups in total. The van der Waals surface area contributed by atoms with Crippen molar-refractivity contribution in [3.8, 4) is 0 Å². The first-order valence-corrected chi connectivity index (χ1v) is 9.31. The van der Waals surface area contributed by atoms with Gasteiger partial charge in [-0.25, -0.2) is 0 Å². The van der Waals surface area contributed by atoms with E-state index in [1.54, 1.807) is 0 Å². The first-order chi connectivity index (χ1) is 9.31. The van der Waals surface area contributed by atoms with Gasteiger partial charge >= 0.3 is 0 Å². The lowest BCUT2D eigenvalue weighted by molar-refractivity contribution is 0.0172. The third-order valence-corrected chi connectivity index (χ3v) is 6.16. The topological polar surface area (TPSA) is 0 Å². The van der Waals surface area contributed by atoms with Crippen LogP contribution in [0.2, 0.25) is 0 Å². The van der Waals surface area contributed by atoms with Gasteiger partial charge in [0.15, 0.2) is 0 Å². The van der Waals surface area contributed by atoms with E-state index in [9.17, 15) is 0 Å². The standard InChI is InChI=1S/C20H42/c1-8-10-12-14-16-20(7,17-15-13-11-9-2)19(5,6)18(3)4/h18H,8-17H2,1-7H3. The minimum Gasteiger partial charge on any atom is -0.0654 e. The number of rotatable bonds is 12. The lowest BCUT2D eigenvalue weighted by atomic mass is 9.57. The molecule has 0 rings (SSSR count). The van der Waals surface area contributed by atoms with E-state index >= 15 is 0 Å². The minimum absolute atomic E-state index is 0.450. The predicted octanol–water partition coefficient (Wildman–Crippen LogP) is 7.62. The fourth-order valence-electron chi connectivity index (χ4n) is 3.35. The number of hydrogen-bond donors (Lipinski definition) is 0. The van der Waals surface area contributed by atoms with Gasteiger partial charge in [0.2, 0.25) is 0 Å².